The summed E-state index contributed by atoms with van der Waals surface area (Å²) in [6.45, 7) is 8.77. The Bertz CT molecular complexity index is 588. The molecule has 1 aromatic carbocycles. The topological polar surface area (TPSA) is 46.5 Å². The zero-order valence-corrected chi connectivity index (χ0v) is 14.2. The molecule has 0 amide bonds. The van der Waals surface area contributed by atoms with E-state index < -0.39 is 24.9 Å². The van der Waals surface area contributed by atoms with E-state index in [1.54, 1.807) is 12.1 Å². The van der Waals surface area contributed by atoms with Gasteiger partial charge in [0.1, 0.15) is 12.4 Å². The maximum absolute atomic E-state index is 13.7. The highest BCUT2D eigenvalue weighted by Gasteiger charge is 2.35. The number of carbonyl (C=O) groups is 1. The molecule has 1 N–H and O–H groups in total. The number of ether oxygens (including phenoxy) is 1. The van der Waals surface area contributed by atoms with Crippen LogP contribution in [0.25, 0.3) is 6.08 Å². The number of rotatable bonds is 3. The molecule has 0 aromatic heterocycles. The molecule has 0 aliphatic carbocycles. The monoisotopic (exact) mass is 326 g/mol. The average Bonchev–Trinajstić information content (AvgIpc) is 2.53. The minimum atomic E-state index is -2.00. The Morgan fingerprint density at radius 1 is 1.35 bits per heavy atom. The van der Waals surface area contributed by atoms with Gasteiger partial charge >= 0.3 is 5.97 Å². The largest absolute Gasteiger partial charge is 0.482 e. The fourth-order valence-corrected chi connectivity index (χ4v) is 2.21. The van der Waals surface area contributed by atoms with Gasteiger partial charge in [-0.2, -0.15) is 0 Å². The number of carboxylic acid groups (broad SMARTS) is 1. The van der Waals surface area contributed by atoms with Crippen molar-refractivity contribution >= 4 is 12.0 Å². The molecule has 1 aliphatic rings. The van der Waals surface area contributed by atoms with Crippen LogP contribution in [0.15, 0.2) is 23.8 Å². The van der Waals surface area contributed by atoms with Crippen LogP contribution in [-0.2, 0) is 10.2 Å². The molecule has 1 aromatic rings. The van der Waals surface area contributed by atoms with E-state index in [0.29, 0.717) is 11.3 Å². The van der Waals surface area contributed by atoms with Gasteiger partial charge < -0.3 is 9.84 Å². The first-order chi connectivity index (χ1) is 10.7. The van der Waals surface area contributed by atoms with E-state index in [2.05, 4.69) is 0 Å². The van der Waals surface area contributed by atoms with E-state index in [9.17, 15) is 13.6 Å². The highest BCUT2D eigenvalue weighted by molar-refractivity contribution is 5.95. The van der Waals surface area contributed by atoms with Gasteiger partial charge in [0.05, 0.1) is 5.57 Å². The van der Waals surface area contributed by atoms with Crippen molar-refractivity contribution in [2.24, 2.45) is 0 Å². The number of carboxylic acids is 1. The standard InChI is InChI=1S/C16H18F2O3.C2H6/c1-16(2,3)10-5-4-9-6-11(15(19)20)14(12(18)8-17)21-13(9)7-10;1-2/h4-7,12,14H,8H2,1-3H3,(H,19,20);1-2H3. The molecule has 0 fully saturated rings. The summed E-state index contributed by atoms with van der Waals surface area (Å²) < 4.78 is 31.7. The lowest BCUT2D eigenvalue weighted by atomic mass is 9.85. The van der Waals surface area contributed by atoms with Gasteiger partial charge in [-0.05, 0) is 23.1 Å². The van der Waals surface area contributed by atoms with Gasteiger partial charge in [0, 0.05) is 5.56 Å². The molecule has 23 heavy (non-hydrogen) atoms. The van der Waals surface area contributed by atoms with Crippen molar-refractivity contribution in [2.75, 3.05) is 6.67 Å². The van der Waals surface area contributed by atoms with Crippen molar-refractivity contribution < 1.29 is 23.4 Å². The number of hydrogen-bond donors (Lipinski definition) is 1. The van der Waals surface area contributed by atoms with Gasteiger partial charge in [0.25, 0.3) is 0 Å². The minimum Gasteiger partial charge on any atom is -0.482 e. The molecule has 128 valence electrons. The number of aliphatic carboxylic acids is 1. The van der Waals surface area contributed by atoms with Gasteiger partial charge in [-0.15, -0.1) is 0 Å². The highest BCUT2D eigenvalue weighted by Crippen LogP contribution is 2.35. The second kappa shape index (κ2) is 7.57. The lowest BCUT2D eigenvalue weighted by Gasteiger charge is -2.28. The van der Waals surface area contributed by atoms with Crippen LogP contribution in [0.4, 0.5) is 8.78 Å². The van der Waals surface area contributed by atoms with Crippen molar-refractivity contribution in [3.63, 3.8) is 0 Å². The van der Waals surface area contributed by atoms with Gasteiger partial charge in [-0.3, -0.25) is 0 Å². The Morgan fingerprint density at radius 2 is 1.96 bits per heavy atom. The summed E-state index contributed by atoms with van der Waals surface area (Å²) in [7, 11) is 0. The van der Waals surface area contributed by atoms with E-state index in [1.165, 1.54) is 6.08 Å². The first-order valence-electron chi connectivity index (χ1n) is 7.70. The molecule has 1 aliphatic heterocycles. The van der Waals surface area contributed by atoms with Crippen LogP contribution < -0.4 is 4.74 Å². The molecule has 2 unspecified atom stereocenters. The molecule has 5 heteroatoms. The lowest BCUT2D eigenvalue weighted by Crippen LogP contribution is -2.37. The Kier molecular flexibility index (Phi) is 6.30. The summed E-state index contributed by atoms with van der Waals surface area (Å²) >= 11 is 0. The molecule has 0 spiro atoms. The van der Waals surface area contributed by atoms with Gasteiger partial charge in [-0.1, -0.05) is 46.8 Å². The number of benzene rings is 1. The summed E-state index contributed by atoms with van der Waals surface area (Å²) in [5, 5.41) is 9.13. The van der Waals surface area contributed by atoms with Crippen molar-refractivity contribution in [1.29, 1.82) is 0 Å². The highest BCUT2D eigenvalue weighted by atomic mass is 19.2. The first kappa shape index (κ1) is 19.1. The molecular formula is C18H24F2O3. The van der Waals surface area contributed by atoms with E-state index >= 15 is 0 Å². The van der Waals surface area contributed by atoms with Crippen LogP contribution in [0.2, 0.25) is 0 Å². The van der Waals surface area contributed by atoms with Crippen molar-refractivity contribution in [3.05, 3.63) is 34.9 Å². The Labute approximate surface area is 136 Å². The SMILES string of the molecule is CC.CC(C)(C)c1ccc2c(c1)OC(C(F)CF)C(C(=O)O)=C2. The number of halogens is 2. The number of fused-ring (bicyclic) bond motifs is 1. The minimum absolute atomic E-state index is 0.125. The van der Waals surface area contributed by atoms with Crippen LogP contribution in [-0.4, -0.2) is 30.0 Å². The second-order valence-corrected chi connectivity index (χ2v) is 6.12. The van der Waals surface area contributed by atoms with Crippen LogP contribution in [0.1, 0.15) is 45.7 Å². The van der Waals surface area contributed by atoms with Crippen LogP contribution >= 0.6 is 0 Å². The Balaban J connectivity index is 0.00000127. The molecule has 0 saturated carbocycles. The number of hydrogen-bond acceptors (Lipinski definition) is 2. The third-order valence-corrected chi connectivity index (χ3v) is 3.47. The molecule has 2 atom stereocenters. The van der Waals surface area contributed by atoms with Gasteiger partial charge in [0.2, 0.25) is 0 Å². The summed E-state index contributed by atoms with van der Waals surface area (Å²) in [4.78, 5) is 11.2. The summed E-state index contributed by atoms with van der Waals surface area (Å²) in [5.41, 5.74) is 1.14. The van der Waals surface area contributed by atoms with Crippen molar-refractivity contribution in [3.8, 4) is 5.75 Å². The van der Waals surface area contributed by atoms with Crippen molar-refractivity contribution in [2.45, 2.75) is 52.3 Å². The Hall–Kier alpha value is -1.91. The maximum Gasteiger partial charge on any atom is 0.335 e. The first-order valence-corrected chi connectivity index (χ1v) is 7.70. The Morgan fingerprint density at radius 3 is 2.43 bits per heavy atom. The fourth-order valence-electron chi connectivity index (χ4n) is 2.21. The molecule has 0 saturated heterocycles. The quantitative estimate of drug-likeness (QED) is 0.886. The lowest BCUT2D eigenvalue weighted by molar-refractivity contribution is -0.134. The van der Waals surface area contributed by atoms with E-state index in [1.807, 2.05) is 40.7 Å². The van der Waals surface area contributed by atoms with Crippen LogP contribution in [0.3, 0.4) is 0 Å². The fraction of sp³-hybridized carbons (Fsp3) is 0.500. The normalized spacial score (nSPS) is 17.9. The molecule has 1 heterocycles. The van der Waals surface area contributed by atoms with Gasteiger partial charge in [0.15, 0.2) is 12.3 Å². The van der Waals surface area contributed by atoms with E-state index in [4.69, 9.17) is 9.84 Å². The predicted octanol–water partition coefficient (Wildman–Crippen LogP) is 4.55. The van der Waals surface area contributed by atoms with E-state index in [0.717, 1.165) is 5.56 Å². The third kappa shape index (κ3) is 4.30. The number of alkyl halides is 2. The zero-order chi connectivity index (χ0) is 17.8. The molecule has 3 nitrogen and oxygen atoms in total. The zero-order valence-electron chi connectivity index (χ0n) is 14.2. The molecule has 2 rings (SSSR count). The third-order valence-electron chi connectivity index (χ3n) is 3.47. The second-order valence-electron chi connectivity index (χ2n) is 6.12. The summed E-state index contributed by atoms with van der Waals surface area (Å²) in [6.07, 6.45) is -2.07. The van der Waals surface area contributed by atoms with E-state index in [-0.39, 0.29) is 11.0 Å². The molecule has 0 radical (unpaired) electrons. The summed E-state index contributed by atoms with van der Waals surface area (Å²) in [6, 6.07) is 5.36. The maximum atomic E-state index is 13.7. The van der Waals surface area contributed by atoms with Gasteiger partial charge in [-0.25, -0.2) is 13.6 Å². The smallest absolute Gasteiger partial charge is 0.335 e. The van der Waals surface area contributed by atoms with Crippen molar-refractivity contribution in [1.82, 2.24) is 0 Å². The molecule has 0 bridgehead atoms. The molecular weight excluding hydrogens is 302 g/mol. The van der Waals surface area contributed by atoms with Crippen LogP contribution in [0, 0.1) is 0 Å². The summed E-state index contributed by atoms with van der Waals surface area (Å²) in [5.74, 6) is -0.921. The van der Waals surface area contributed by atoms with Crippen LogP contribution in [0.5, 0.6) is 5.75 Å². The average molecular weight is 326 g/mol. The predicted molar refractivity (Wildman–Crippen MR) is 87.4 cm³/mol.